The standard InChI is InChI=1S/C46H72O6/c1-8-9-10-11-18-43-25-24-42(6)35(41(43,5)23-22-39(3)20-21-40(4,38(48)49)30-36(39)43)16-19-45-32(2)46(50,27-26-44(42,45)31-47)52-37(45)29-34-14-12-33(13-15-34)17-28-51-7/h12-15,32,35-37,47,50H,8-11,16-31H2,1-7H3,(H,48,49)/t32-,35-,36?,37-,39+,40-,41-,42+,43+,44-,45-,46+/m1/s1. The third-order valence-electron chi connectivity index (χ3n) is 18.8. The summed E-state index contributed by atoms with van der Waals surface area (Å²) in [5, 5.41) is 34.9. The Hall–Kier alpha value is -1.47. The normalized spacial score (nSPS) is 47.9. The van der Waals surface area contributed by atoms with E-state index in [0.717, 1.165) is 64.2 Å². The van der Waals surface area contributed by atoms with Crippen LogP contribution < -0.4 is 0 Å². The predicted octanol–water partition coefficient (Wildman–Crippen LogP) is 9.76. The van der Waals surface area contributed by atoms with Crippen LogP contribution in [0, 0.1) is 55.7 Å². The average molecular weight is 721 g/mol. The van der Waals surface area contributed by atoms with E-state index in [1.54, 1.807) is 7.11 Å². The molecule has 6 heteroatoms. The molecule has 3 N–H and O–H groups in total. The van der Waals surface area contributed by atoms with Crippen LogP contribution in [0.15, 0.2) is 24.3 Å². The number of carbonyl (C=O) groups is 1. The summed E-state index contributed by atoms with van der Waals surface area (Å²) in [6.07, 6.45) is 18.2. The largest absolute Gasteiger partial charge is 0.481 e. The van der Waals surface area contributed by atoms with Gasteiger partial charge in [-0.1, -0.05) is 84.6 Å². The van der Waals surface area contributed by atoms with Crippen LogP contribution in [-0.4, -0.2) is 53.5 Å². The molecule has 6 aliphatic rings. The van der Waals surface area contributed by atoms with Crippen molar-refractivity contribution in [1.29, 1.82) is 0 Å². The minimum atomic E-state index is -1.16. The molecule has 1 saturated heterocycles. The molecule has 1 aromatic carbocycles. The van der Waals surface area contributed by atoms with Gasteiger partial charge in [0.1, 0.15) is 0 Å². The Bertz CT molecular complexity index is 1480. The molecule has 0 aromatic heterocycles. The van der Waals surface area contributed by atoms with Crippen LogP contribution in [0.3, 0.4) is 0 Å². The van der Waals surface area contributed by atoms with Crippen molar-refractivity contribution in [1.82, 2.24) is 0 Å². The van der Waals surface area contributed by atoms with Crippen LogP contribution in [0.4, 0.5) is 0 Å². The van der Waals surface area contributed by atoms with Gasteiger partial charge >= 0.3 is 5.97 Å². The molecule has 0 amide bonds. The number of unbranched alkanes of at least 4 members (excludes halogenated alkanes) is 3. The molecule has 1 aliphatic heterocycles. The zero-order chi connectivity index (χ0) is 37.4. The molecule has 6 fully saturated rings. The maximum atomic E-state index is 12.9. The third-order valence-corrected chi connectivity index (χ3v) is 18.8. The van der Waals surface area contributed by atoms with Crippen molar-refractivity contribution in [2.75, 3.05) is 20.3 Å². The Labute approximate surface area is 315 Å². The van der Waals surface area contributed by atoms with E-state index in [-0.39, 0.29) is 51.1 Å². The lowest BCUT2D eigenvalue weighted by Gasteiger charge is -2.78. The number of aliphatic hydroxyl groups is 2. The topological polar surface area (TPSA) is 96.2 Å². The maximum Gasteiger partial charge on any atom is 0.309 e. The van der Waals surface area contributed by atoms with Crippen LogP contribution in [0.5, 0.6) is 0 Å². The van der Waals surface area contributed by atoms with Crippen LogP contribution >= 0.6 is 0 Å². The molecule has 6 nitrogen and oxygen atoms in total. The number of fused-ring (bicyclic) bond motifs is 7. The fourth-order valence-electron chi connectivity index (χ4n) is 15.6. The number of aliphatic hydroxyl groups excluding tert-OH is 1. The number of methoxy groups -OCH3 is 1. The number of hydrogen-bond acceptors (Lipinski definition) is 5. The molecule has 5 saturated carbocycles. The zero-order valence-corrected chi connectivity index (χ0v) is 33.8. The number of benzene rings is 1. The number of ether oxygens (including phenoxy) is 2. The molecule has 1 spiro atoms. The maximum absolute atomic E-state index is 12.9. The van der Waals surface area contributed by atoms with Gasteiger partial charge in [-0.15, -0.1) is 0 Å². The van der Waals surface area contributed by atoms with Gasteiger partial charge in [0.2, 0.25) is 0 Å². The Morgan fingerprint density at radius 3 is 2.23 bits per heavy atom. The summed E-state index contributed by atoms with van der Waals surface area (Å²) in [7, 11) is 1.74. The first kappa shape index (κ1) is 38.8. The lowest BCUT2D eigenvalue weighted by Crippen LogP contribution is -2.74. The monoisotopic (exact) mass is 721 g/mol. The second-order valence-electron chi connectivity index (χ2n) is 20.4. The van der Waals surface area contributed by atoms with E-state index in [9.17, 15) is 20.1 Å². The molecule has 292 valence electrons. The fraction of sp³-hybridized carbons (Fsp3) is 0.848. The van der Waals surface area contributed by atoms with E-state index >= 15 is 0 Å². The molecule has 7 rings (SSSR count). The smallest absolute Gasteiger partial charge is 0.309 e. The number of rotatable bonds is 12. The van der Waals surface area contributed by atoms with Gasteiger partial charge in [0.05, 0.1) is 18.1 Å². The number of carboxylic acid groups (broad SMARTS) is 1. The minimum absolute atomic E-state index is 0.0565. The molecule has 1 heterocycles. The highest BCUT2D eigenvalue weighted by molar-refractivity contribution is 5.74. The Kier molecular flexibility index (Phi) is 9.95. The summed E-state index contributed by atoms with van der Waals surface area (Å²) < 4.78 is 12.2. The molecule has 0 radical (unpaired) electrons. The van der Waals surface area contributed by atoms with Gasteiger partial charge in [-0.3, -0.25) is 4.79 Å². The summed E-state index contributed by atoms with van der Waals surface area (Å²) in [6.45, 7) is 15.2. The first-order valence-corrected chi connectivity index (χ1v) is 21.4. The number of aliphatic carboxylic acids is 1. The summed E-state index contributed by atoms with van der Waals surface area (Å²) in [5.41, 5.74) is 1.34. The van der Waals surface area contributed by atoms with Gasteiger partial charge in [-0.05, 0) is 135 Å². The Morgan fingerprint density at radius 1 is 0.865 bits per heavy atom. The van der Waals surface area contributed by atoms with Crippen LogP contribution in [-0.2, 0) is 27.1 Å². The van der Waals surface area contributed by atoms with Crippen molar-refractivity contribution in [3.8, 4) is 0 Å². The average Bonchev–Trinajstić information content (AvgIpc) is 3.24. The highest BCUT2D eigenvalue weighted by atomic mass is 16.6. The zero-order valence-electron chi connectivity index (χ0n) is 33.8. The molecule has 2 bridgehead atoms. The summed E-state index contributed by atoms with van der Waals surface area (Å²) >= 11 is 0. The fourth-order valence-corrected chi connectivity index (χ4v) is 15.6. The molecule has 1 aromatic rings. The number of hydrogen-bond donors (Lipinski definition) is 3. The van der Waals surface area contributed by atoms with Gasteiger partial charge in [0.25, 0.3) is 0 Å². The molecular formula is C46H72O6. The summed E-state index contributed by atoms with van der Waals surface area (Å²) in [6, 6.07) is 8.89. The molecule has 12 atom stereocenters. The Balaban J connectivity index is 1.29. The second-order valence-corrected chi connectivity index (χ2v) is 20.4. The highest BCUT2D eigenvalue weighted by Gasteiger charge is 2.81. The molecule has 5 aliphatic carbocycles. The van der Waals surface area contributed by atoms with Crippen molar-refractivity contribution in [3.63, 3.8) is 0 Å². The van der Waals surface area contributed by atoms with Gasteiger partial charge in [0, 0.05) is 36.9 Å². The predicted molar refractivity (Wildman–Crippen MR) is 206 cm³/mol. The van der Waals surface area contributed by atoms with E-state index in [1.165, 1.54) is 56.1 Å². The van der Waals surface area contributed by atoms with E-state index in [1.807, 2.05) is 6.92 Å². The van der Waals surface area contributed by atoms with Gasteiger partial charge in [-0.25, -0.2) is 0 Å². The van der Waals surface area contributed by atoms with E-state index in [0.29, 0.717) is 24.9 Å². The third kappa shape index (κ3) is 5.18. The van der Waals surface area contributed by atoms with Crippen molar-refractivity contribution in [2.24, 2.45) is 55.7 Å². The van der Waals surface area contributed by atoms with E-state index < -0.39 is 17.2 Å². The summed E-state index contributed by atoms with van der Waals surface area (Å²) in [4.78, 5) is 12.9. The lowest BCUT2D eigenvalue weighted by molar-refractivity contribution is -0.311. The second kappa shape index (κ2) is 13.3. The molecule has 52 heavy (non-hydrogen) atoms. The molecule has 1 unspecified atom stereocenters. The van der Waals surface area contributed by atoms with E-state index in [4.69, 9.17) is 9.47 Å². The Morgan fingerprint density at radius 2 is 1.56 bits per heavy atom. The summed E-state index contributed by atoms with van der Waals surface area (Å²) in [5.74, 6) is -1.02. The van der Waals surface area contributed by atoms with Crippen LogP contribution in [0.25, 0.3) is 0 Å². The van der Waals surface area contributed by atoms with Crippen molar-refractivity contribution < 1.29 is 29.6 Å². The van der Waals surface area contributed by atoms with Crippen LogP contribution in [0.1, 0.15) is 155 Å². The van der Waals surface area contributed by atoms with Gasteiger partial charge in [0.15, 0.2) is 5.79 Å². The number of carboxylic acids is 1. The molecular weight excluding hydrogens is 649 g/mol. The van der Waals surface area contributed by atoms with E-state index in [2.05, 4.69) is 58.9 Å². The first-order chi connectivity index (χ1) is 24.6. The first-order valence-electron chi connectivity index (χ1n) is 21.4. The SMILES string of the molecule is CCCCCC[C@@]12CC[C@@]3(C)[C@H](CC[C@]45[C@@H](C)[C@](O)(CC[C@]43CO)O[C@@H]5Cc3ccc(CCOC)cc3)[C@@]1(C)CC[C@]1(C)CC[C@@](C)(C(=O)O)CC12. The lowest BCUT2D eigenvalue weighted by atomic mass is 9.26. The minimum Gasteiger partial charge on any atom is -0.481 e. The van der Waals surface area contributed by atoms with Crippen molar-refractivity contribution in [3.05, 3.63) is 35.4 Å². The van der Waals surface area contributed by atoms with Gasteiger partial charge < -0.3 is 24.8 Å². The highest BCUT2D eigenvalue weighted by Crippen LogP contribution is 2.84. The van der Waals surface area contributed by atoms with Crippen molar-refractivity contribution in [2.45, 2.75) is 169 Å². The van der Waals surface area contributed by atoms with Gasteiger partial charge in [-0.2, -0.15) is 0 Å². The van der Waals surface area contributed by atoms with Crippen LogP contribution in [0.2, 0.25) is 0 Å². The van der Waals surface area contributed by atoms with Crippen molar-refractivity contribution >= 4 is 5.97 Å². The quantitative estimate of drug-likeness (QED) is 0.186.